The predicted molar refractivity (Wildman–Crippen MR) is 112 cm³/mol. The Hall–Kier alpha value is -0.370. The summed E-state index contributed by atoms with van der Waals surface area (Å²) in [5.74, 6) is 0.469. The maximum atomic E-state index is 11.7. The predicted octanol–water partition coefficient (Wildman–Crippen LogP) is 7.16. The fourth-order valence-electron chi connectivity index (χ4n) is 3.41. The molecule has 0 saturated heterocycles. The van der Waals surface area contributed by atoms with Crippen molar-refractivity contribution in [3.05, 3.63) is 0 Å². The van der Waals surface area contributed by atoms with E-state index in [4.69, 9.17) is 0 Å². The standard InChI is InChI=1S/C23H47NO/c1-4-5-6-7-8-9-10-11-12-13-14-15-16-17-18-20-23(25)21-19-22-24(2)3/h4-22H2,1-3H3. The van der Waals surface area contributed by atoms with Crippen molar-refractivity contribution in [1.29, 1.82) is 0 Å². The summed E-state index contributed by atoms with van der Waals surface area (Å²) in [6.07, 6.45) is 23.3. The maximum absolute atomic E-state index is 11.7. The average molecular weight is 354 g/mol. The van der Waals surface area contributed by atoms with Gasteiger partial charge in [-0.1, -0.05) is 96.8 Å². The van der Waals surface area contributed by atoms with Crippen LogP contribution in [0.3, 0.4) is 0 Å². The van der Waals surface area contributed by atoms with Gasteiger partial charge in [-0.05, 0) is 33.5 Å². The number of nitrogens with zero attached hydrogens (tertiary/aromatic N) is 1. The van der Waals surface area contributed by atoms with E-state index < -0.39 is 0 Å². The summed E-state index contributed by atoms with van der Waals surface area (Å²) in [5, 5.41) is 0. The van der Waals surface area contributed by atoms with Crippen molar-refractivity contribution in [3.63, 3.8) is 0 Å². The van der Waals surface area contributed by atoms with Crippen molar-refractivity contribution in [1.82, 2.24) is 4.90 Å². The Labute approximate surface area is 159 Å². The van der Waals surface area contributed by atoms with Crippen molar-refractivity contribution in [2.45, 2.75) is 122 Å². The van der Waals surface area contributed by atoms with Crippen LogP contribution in [-0.4, -0.2) is 31.3 Å². The molecule has 2 heteroatoms. The molecule has 0 radical (unpaired) electrons. The third kappa shape index (κ3) is 21.6. The Morgan fingerprint density at radius 3 is 1.32 bits per heavy atom. The van der Waals surface area contributed by atoms with E-state index in [9.17, 15) is 4.79 Å². The highest BCUT2D eigenvalue weighted by atomic mass is 16.1. The third-order valence-electron chi connectivity index (χ3n) is 5.12. The van der Waals surface area contributed by atoms with Gasteiger partial charge in [0.25, 0.3) is 0 Å². The van der Waals surface area contributed by atoms with Crippen LogP contribution in [0.1, 0.15) is 122 Å². The van der Waals surface area contributed by atoms with E-state index >= 15 is 0 Å². The van der Waals surface area contributed by atoms with Crippen molar-refractivity contribution in [3.8, 4) is 0 Å². The number of hydrogen-bond donors (Lipinski definition) is 0. The van der Waals surface area contributed by atoms with Gasteiger partial charge in [0.15, 0.2) is 0 Å². The van der Waals surface area contributed by atoms with Gasteiger partial charge in [-0.2, -0.15) is 0 Å². The normalized spacial score (nSPS) is 11.4. The number of Topliss-reactive ketones (excluding diaryl/α,β-unsaturated/α-hetero) is 1. The van der Waals surface area contributed by atoms with Crippen molar-refractivity contribution in [2.75, 3.05) is 20.6 Å². The maximum Gasteiger partial charge on any atom is 0.132 e. The number of ketones is 1. The van der Waals surface area contributed by atoms with Gasteiger partial charge in [-0.15, -0.1) is 0 Å². The lowest BCUT2D eigenvalue weighted by molar-refractivity contribution is -0.119. The Morgan fingerprint density at radius 1 is 0.560 bits per heavy atom. The molecule has 0 bridgehead atoms. The van der Waals surface area contributed by atoms with Gasteiger partial charge in [0, 0.05) is 12.8 Å². The van der Waals surface area contributed by atoms with Gasteiger partial charge in [0.05, 0.1) is 0 Å². The molecule has 0 aromatic carbocycles. The molecule has 0 aliphatic carbocycles. The zero-order valence-corrected chi connectivity index (χ0v) is 17.8. The fourth-order valence-corrected chi connectivity index (χ4v) is 3.41. The molecule has 0 atom stereocenters. The second kappa shape index (κ2) is 19.9. The largest absolute Gasteiger partial charge is 0.309 e. The second-order valence-electron chi connectivity index (χ2n) is 8.15. The summed E-state index contributed by atoms with van der Waals surface area (Å²) in [6, 6.07) is 0. The molecule has 0 spiro atoms. The number of carbonyl (C=O) groups excluding carboxylic acids is 1. The van der Waals surface area contributed by atoms with E-state index in [1.165, 1.54) is 89.9 Å². The van der Waals surface area contributed by atoms with Gasteiger partial charge in [-0.3, -0.25) is 4.79 Å². The summed E-state index contributed by atoms with van der Waals surface area (Å²) in [7, 11) is 4.14. The smallest absolute Gasteiger partial charge is 0.132 e. The van der Waals surface area contributed by atoms with Crippen molar-refractivity contribution < 1.29 is 4.79 Å². The zero-order chi connectivity index (χ0) is 18.6. The number of unbranched alkanes of at least 4 members (excludes halogenated alkanes) is 14. The Morgan fingerprint density at radius 2 is 0.920 bits per heavy atom. The molecule has 0 aliphatic heterocycles. The second-order valence-corrected chi connectivity index (χ2v) is 8.15. The monoisotopic (exact) mass is 353 g/mol. The minimum Gasteiger partial charge on any atom is -0.309 e. The molecule has 0 amide bonds. The van der Waals surface area contributed by atoms with Crippen LogP contribution in [0.2, 0.25) is 0 Å². The molecular formula is C23H47NO. The highest BCUT2D eigenvalue weighted by Gasteiger charge is 2.02. The summed E-state index contributed by atoms with van der Waals surface area (Å²) in [4.78, 5) is 13.9. The van der Waals surface area contributed by atoms with Gasteiger partial charge in [0.1, 0.15) is 5.78 Å². The summed E-state index contributed by atoms with van der Waals surface area (Å²) in [6.45, 7) is 3.32. The minimum absolute atomic E-state index is 0.469. The molecule has 0 unspecified atom stereocenters. The van der Waals surface area contributed by atoms with Crippen LogP contribution in [0.4, 0.5) is 0 Å². The minimum atomic E-state index is 0.469. The molecule has 0 aliphatic rings. The SMILES string of the molecule is CCCCCCCCCCCCCCCCCC(=O)CCCN(C)C. The van der Waals surface area contributed by atoms with Gasteiger partial charge in [0.2, 0.25) is 0 Å². The lowest BCUT2D eigenvalue weighted by Crippen LogP contribution is -2.14. The van der Waals surface area contributed by atoms with Crippen LogP contribution in [0, 0.1) is 0 Å². The molecule has 0 N–H and O–H groups in total. The first-order valence-electron chi connectivity index (χ1n) is 11.3. The van der Waals surface area contributed by atoms with E-state index in [-0.39, 0.29) is 0 Å². The van der Waals surface area contributed by atoms with Crippen LogP contribution in [0.15, 0.2) is 0 Å². The van der Waals surface area contributed by atoms with E-state index in [0.29, 0.717) is 5.78 Å². The lowest BCUT2D eigenvalue weighted by Gasteiger charge is -2.08. The summed E-state index contributed by atoms with van der Waals surface area (Å²) in [5.41, 5.74) is 0. The highest BCUT2D eigenvalue weighted by molar-refractivity contribution is 5.78. The number of carbonyl (C=O) groups is 1. The van der Waals surface area contributed by atoms with Gasteiger partial charge < -0.3 is 4.90 Å². The molecule has 0 aromatic rings. The quantitative estimate of drug-likeness (QED) is 0.216. The Balaban J connectivity index is 3.10. The van der Waals surface area contributed by atoms with E-state index in [0.717, 1.165) is 32.2 Å². The van der Waals surface area contributed by atoms with Crippen LogP contribution >= 0.6 is 0 Å². The molecule has 150 valence electrons. The summed E-state index contributed by atoms with van der Waals surface area (Å²) < 4.78 is 0. The first-order chi connectivity index (χ1) is 12.2. The van der Waals surface area contributed by atoms with Crippen LogP contribution in [0.25, 0.3) is 0 Å². The molecule has 0 aromatic heterocycles. The molecule has 0 heterocycles. The van der Waals surface area contributed by atoms with E-state index in [1.807, 2.05) is 0 Å². The first-order valence-corrected chi connectivity index (χ1v) is 11.3. The number of rotatable bonds is 20. The lowest BCUT2D eigenvalue weighted by atomic mass is 10.0. The summed E-state index contributed by atoms with van der Waals surface area (Å²) >= 11 is 0. The van der Waals surface area contributed by atoms with Crippen LogP contribution in [0.5, 0.6) is 0 Å². The fraction of sp³-hybridized carbons (Fsp3) is 0.957. The van der Waals surface area contributed by atoms with Gasteiger partial charge >= 0.3 is 0 Å². The Kier molecular flexibility index (Phi) is 19.7. The molecule has 25 heavy (non-hydrogen) atoms. The molecule has 0 rings (SSSR count). The van der Waals surface area contributed by atoms with Crippen LogP contribution < -0.4 is 0 Å². The third-order valence-corrected chi connectivity index (χ3v) is 5.12. The van der Waals surface area contributed by atoms with Gasteiger partial charge in [-0.25, -0.2) is 0 Å². The topological polar surface area (TPSA) is 20.3 Å². The molecule has 2 nitrogen and oxygen atoms in total. The number of hydrogen-bond acceptors (Lipinski definition) is 2. The van der Waals surface area contributed by atoms with Crippen molar-refractivity contribution in [2.24, 2.45) is 0 Å². The Bertz CT molecular complexity index is 275. The van der Waals surface area contributed by atoms with E-state index in [2.05, 4.69) is 25.9 Å². The zero-order valence-electron chi connectivity index (χ0n) is 17.8. The molecule has 0 fully saturated rings. The molecule has 0 saturated carbocycles. The highest BCUT2D eigenvalue weighted by Crippen LogP contribution is 2.14. The molecular weight excluding hydrogens is 306 g/mol. The first kappa shape index (κ1) is 24.6. The van der Waals surface area contributed by atoms with E-state index in [1.54, 1.807) is 0 Å². The van der Waals surface area contributed by atoms with Crippen LogP contribution in [-0.2, 0) is 4.79 Å². The average Bonchev–Trinajstić information content (AvgIpc) is 2.58. The van der Waals surface area contributed by atoms with Crippen molar-refractivity contribution >= 4 is 5.78 Å².